The van der Waals surface area contributed by atoms with Gasteiger partial charge in [-0.15, -0.1) is 0 Å². The first kappa shape index (κ1) is 21.8. The van der Waals surface area contributed by atoms with E-state index in [9.17, 15) is 0 Å². The van der Waals surface area contributed by atoms with E-state index in [1.165, 1.54) is 0 Å². The average Bonchev–Trinajstić information content (AvgIpc) is 3.22. The fourth-order valence-electron chi connectivity index (χ4n) is 3.08. The third-order valence-electron chi connectivity index (χ3n) is 5.87. The first-order chi connectivity index (χ1) is 12.2. The number of hydrogen-bond donors (Lipinski definition) is 0. The second-order valence-electron chi connectivity index (χ2n) is 8.19. The van der Waals surface area contributed by atoms with Gasteiger partial charge in [-0.05, 0) is 40.0 Å². The number of hydrogen-bond acceptors (Lipinski definition) is 5. The molecule has 0 aliphatic carbocycles. The van der Waals surface area contributed by atoms with Crippen LogP contribution in [0.3, 0.4) is 0 Å². The molecule has 0 aromatic rings. The Balaban J connectivity index is 1.85. The van der Waals surface area contributed by atoms with Crippen molar-refractivity contribution < 1.29 is 23.7 Å². The van der Waals surface area contributed by atoms with Crippen LogP contribution < -0.4 is 0 Å². The zero-order valence-corrected chi connectivity index (χ0v) is 17.7. The molecule has 6 atom stereocenters. The quantitative estimate of drug-likeness (QED) is 0.561. The lowest BCUT2D eigenvalue weighted by Crippen LogP contribution is -2.33. The van der Waals surface area contributed by atoms with E-state index in [0.717, 1.165) is 19.3 Å². The van der Waals surface area contributed by atoms with Crippen molar-refractivity contribution in [2.45, 2.75) is 97.1 Å². The molecule has 0 aromatic carbocycles. The minimum absolute atomic E-state index is 0.00604. The summed E-state index contributed by atoms with van der Waals surface area (Å²) in [5.74, 6) is -0.636. The summed E-state index contributed by atoms with van der Waals surface area (Å²) in [4.78, 5) is 0. The predicted molar refractivity (Wildman–Crippen MR) is 102 cm³/mol. The summed E-state index contributed by atoms with van der Waals surface area (Å²) >= 11 is 0. The Bertz CT molecular complexity index is 481. The zero-order valence-electron chi connectivity index (χ0n) is 17.7. The van der Waals surface area contributed by atoms with E-state index in [4.69, 9.17) is 23.7 Å². The summed E-state index contributed by atoms with van der Waals surface area (Å²) in [5, 5.41) is 0. The first-order valence-corrected chi connectivity index (χ1v) is 10.1. The Morgan fingerprint density at radius 2 is 1.69 bits per heavy atom. The Labute approximate surface area is 159 Å². The summed E-state index contributed by atoms with van der Waals surface area (Å²) in [5.41, 5.74) is -0.323. The first-order valence-electron chi connectivity index (χ1n) is 10.1. The minimum atomic E-state index is -0.466. The highest BCUT2D eigenvalue weighted by Gasteiger charge is 2.38. The van der Waals surface area contributed by atoms with Gasteiger partial charge in [0.15, 0.2) is 11.6 Å². The standard InChI is InChI=1S/C21H38O5/c1-8-19(5,22-13-17-14-23-20(6,9-2)25-17)12-11-16(4)18-15-24-21(7,10-3)26-18/h11-12,16-18H,8-10,13-15H2,1-7H3/b12-11-. The van der Waals surface area contributed by atoms with Gasteiger partial charge in [0.25, 0.3) is 0 Å². The largest absolute Gasteiger partial charge is 0.368 e. The van der Waals surface area contributed by atoms with Crippen molar-refractivity contribution in [3.63, 3.8) is 0 Å². The van der Waals surface area contributed by atoms with Gasteiger partial charge in [-0.2, -0.15) is 0 Å². The summed E-state index contributed by atoms with van der Waals surface area (Å²) in [6.45, 7) is 16.4. The van der Waals surface area contributed by atoms with Gasteiger partial charge in [-0.25, -0.2) is 0 Å². The van der Waals surface area contributed by atoms with Gasteiger partial charge in [-0.1, -0.05) is 39.8 Å². The molecule has 2 aliphatic rings. The Morgan fingerprint density at radius 3 is 2.23 bits per heavy atom. The van der Waals surface area contributed by atoms with E-state index >= 15 is 0 Å². The lowest BCUT2D eigenvalue weighted by molar-refractivity contribution is -0.165. The van der Waals surface area contributed by atoms with Gasteiger partial charge in [0.1, 0.15) is 6.10 Å². The van der Waals surface area contributed by atoms with E-state index < -0.39 is 11.6 Å². The van der Waals surface area contributed by atoms with Crippen LogP contribution in [0.2, 0.25) is 0 Å². The number of rotatable bonds is 9. The van der Waals surface area contributed by atoms with Crippen molar-refractivity contribution in [1.82, 2.24) is 0 Å². The van der Waals surface area contributed by atoms with E-state index in [1.54, 1.807) is 0 Å². The molecule has 0 radical (unpaired) electrons. The van der Waals surface area contributed by atoms with Crippen molar-refractivity contribution in [3.8, 4) is 0 Å². The van der Waals surface area contributed by atoms with Crippen LogP contribution in [0, 0.1) is 5.92 Å². The summed E-state index contributed by atoms with van der Waals surface area (Å²) in [6, 6.07) is 0. The highest BCUT2D eigenvalue weighted by atomic mass is 16.8. The molecule has 0 bridgehead atoms. The fraction of sp³-hybridized carbons (Fsp3) is 0.905. The molecule has 5 nitrogen and oxygen atoms in total. The van der Waals surface area contributed by atoms with Crippen LogP contribution in [-0.4, -0.2) is 49.2 Å². The fourth-order valence-corrected chi connectivity index (χ4v) is 3.08. The van der Waals surface area contributed by atoms with Crippen LogP contribution in [0.1, 0.15) is 67.7 Å². The molecule has 0 saturated carbocycles. The van der Waals surface area contributed by atoms with E-state index in [1.807, 2.05) is 13.8 Å². The van der Waals surface area contributed by atoms with Gasteiger partial charge in [0.2, 0.25) is 0 Å². The molecule has 152 valence electrons. The lowest BCUT2D eigenvalue weighted by atomic mass is 9.97. The van der Waals surface area contributed by atoms with Crippen molar-refractivity contribution in [3.05, 3.63) is 12.2 Å². The second-order valence-corrected chi connectivity index (χ2v) is 8.19. The second kappa shape index (κ2) is 8.70. The van der Waals surface area contributed by atoms with Crippen molar-refractivity contribution in [2.24, 2.45) is 5.92 Å². The van der Waals surface area contributed by atoms with E-state index in [2.05, 4.69) is 46.8 Å². The average molecular weight is 371 g/mol. The van der Waals surface area contributed by atoms with E-state index in [0.29, 0.717) is 19.8 Å². The Kier molecular flexibility index (Phi) is 7.30. The molecule has 2 rings (SSSR count). The van der Waals surface area contributed by atoms with Crippen molar-refractivity contribution in [2.75, 3.05) is 19.8 Å². The monoisotopic (exact) mass is 370 g/mol. The van der Waals surface area contributed by atoms with Crippen molar-refractivity contribution >= 4 is 0 Å². The van der Waals surface area contributed by atoms with Gasteiger partial charge >= 0.3 is 0 Å². The lowest BCUT2D eigenvalue weighted by Gasteiger charge is -2.28. The Morgan fingerprint density at radius 1 is 1.08 bits per heavy atom. The topological polar surface area (TPSA) is 46.2 Å². The predicted octanol–water partition coefficient (Wildman–Crippen LogP) is 4.45. The van der Waals surface area contributed by atoms with Crippen LogP contribution in [0.15, 0.2) is 12.2 Å². The van der Waals surface area contributed by atoms with Gasteiger partial charge in [-0.3, -0.25) is 0 Å². The Hall–Kier alpha value is -0.460. The van der Waals surface area contributed by atoms with Gasteiger partial charge in [0, 0.05) is 5.92 Å². The molecule has 2 aliphatic heterocycles. The maximum atomic E-state index is 6.21. The van der Waals surface area contributed by atoms with Crippen LogP contribution >= 0.6 is 0 Å². The molecule has 2 heterocycles. The third-order valence-corrected chi connectivity index (χ3v) is 5.87. The maximum Gasteiger partial charge on any atom is 0.165 e. The zero-order chi connectivity index (χ0) is 19.4. The third kappa shape index (κ3) is 5.52. The van der Waals surface area contributed by atoms with Crippen LogP contribution in [0.4, 0.5) is 0 Å². The van der Waals surface area contributed by atoms with Crippen LogP contribution in [0.25, 0.3) is 0 Å². The molecule has 6 unspecified atom stereocenters. The highest BCUT2D eigenvalue weighted by Crippen LogP contribution is 2.31. The summed E-state index contributed by atoms with van der Waals surface area (Å²) in [6.07, 6.45) is 7.03. The van der Waals surface area contributed by atoms with Gasteiger partial charge < -0.3 is 23.7 Å². The SMILES string of the molecule is CCC(C)(/C=C\C(C)C1COC(C)(CC)O1)OCC1COC(C)(CC)O1. The molecule has 0 N–H and O–H groups in total. The molecular formula is C21H38O5. The molecule has 2 fully saturated rings. The molecule has 0 aromatic heterocycles. The van der Waals surface area contributed by atoms with E-state index in [-0.39, 0.29) is 23.7 Å². The normalized spacial score (nSPS) is 38.7. The highest BCUT2D eigenvalue weighted by molar-refractivity contribution is 5.03. The maximum absolute atomic E-state index is 6.21. The van der Waals surface area contributed by atoms with Gasteiger partial charge in [0.05, 0.1) is 31.5 Å². The molecular weight excluding hydrogens is 332 g/mol. The minimum Gasteiger partial charge on any atom is -0.368 e. The molecule has 0 spiro atoms. The molecule has 0 amide bonds. The smallest absolute Gasteiger partial charge is 0.165 e. The molecule has 26 heavy (non-hydrogen) atoms. The summed E-state index contributed by atoms with van der Waals surface area (Å²) in [7, 11) is 0. The molecule has 5 heteroatoms. The summed E-state index contributed by atoms with van der Waals surface area (Å²) < 4.78 is 29.8. The van der Waals surface area contributed by atoms with Crippen molar-refractivity contribution in [1.29, 1.82) is 0 Å². The van der Waals surface area contributed by atoms with Crippen LogP contribution in [-0.2, 0) is 23.7 Å². The van der Waals surface area contributed by atoms with Crippen LogP contribution in [0.5, 0.6) is 0 Å². The number of ether oxygens (including phenoxy) is 5. The molecule has 2 saturated heterocycles.